The van der Waals surface area contributed by atoms with Gasteiger partial charge in [0.1, 0.15) is 18.0 Å². The van der Waals surface area contributed by atoms with Crippen LogP contribution in [0, 0.1) is 17.6 Å². The van der Waals surface area contributed by atoms with Gasteiger partial charge in [-0.15, -0.1) is 0 Å². The van der Waals surface area contributed by atoms with Crippen molar-refractivity contribution in [3.63, 3.8) is 0 Å². The van der Waals surface area contributed by atoms with Crippen molar-refractivity contribution in [3.05, 3.63) is 111 Å². The van der Waals surface area contributed by atoms with Gasteiger partial charge in [-0.1, -0.05) is 11.6 Å². The van der Waals surface area contributed by atoms with Gasteiger partial charge in [0, 0.05) is 39.5 Å². The molecule has 2 aliphatic rings. The zero-order valence-corrected chi connectivity index (χ0v) is 23.3. The number of carbonyl (C=O) groups is 2. The van der Waals surface area contributed by atoms with E-state index in [9.17, 15) is 31.5 Å². The molecule has 2 aromatic heterocycles. The van der Waals surface area contributed by atoms with Crippen molar-refractivity contribution in [2.45, 2.75) is 18.6 Å². The van der Waals surface area contributed by atoms with Crippen LogP contribution in [0.15, 0.2) is 60.9 Å². The first kappa shape index (κ1) is 28.6. The Morgan fingerprint density at radius 2 is 1.80 bits per heavy atom. The highest BCUT2D eigenvalue weighted by Gasteiger charge is 2.41. The molecule has 0 spiro atoms. The number of anilines is 2. The third-order valence-electron chi connectivity index (χ3n) is 7.78. The van der Waals surface area contributed by atoms with Gasteiger partial charge in [0.2, 0.25) is 5.95 Å². The Morgan fingerprint density at radius 1 is 1.00 bits per heavy atom. The molecule has 228 valence electrons. The number of nitrogens with zero attached hydrogens (tertiary/aromatic N) is 4. The van der Waals surface area contributed by atoms with Gasteiger partial charge in [-0.25, -0.2) is 18.6 Å². The van der Waals surface area contributed by atoms with Crippen LogP contribution in [0.1, 0.15) is 38.7 Å². The Balaban J connectivity index is 1.47. The number of rotatable bonds is 4. The van der Waals surface area contributed by atoms with E-state index in [-0.39, 0.29) is 63.3 Å². The molecule has 15 heteroatoms. The van der Waals surface area contributed by atoms with Gasteiger partial charge in [-0.3, -0.25) is 9.69 Å². The Labute approximate surface area is 254 Å². The quantitative estimate of drug-likeness (QED) is 0.165. The zero-order chi connectivity index (χ0) is 31.8. The second-order valence-corrected chi connectivity index (χ2v) is 10.8. The summed E-state index contributed by atoms with van der Waals surface area (Å²) in [7, 11) is 0. The molecule has 3 aromatic carbocycles. The first-order valence-electron chi connectivity index (χ1n) is 13.3. The van der Waals surface area contributed by atoms with Crippen LogP contribution in [0.5, 0.6) is 0 Å². The van der Waals surface area contributed by atoms with Gasteiger partial charge in [-0.05, 0) is 72.1 Å². The number of alkyl halides is 3. The molecule has 3 amide bonds. The van der Waals surface area contributed by atoms with E-state index >= 15 is 4.39 Å². The predicted octanol–water partition coefficient (Wildman–Crippen LogP) is 6.91. The lowest BCUT2D eigenvalue weighted by Crippen LogP contribution is -2.46. The Bertz CT molecular complexity index is 2080. The number of carbonyl (C=O) groups excluding carboxylic acids is 2. The summed E-state index contributed by atoms with van der Waals surface area (Å²) in [5, 5.41) is 9.26. The molecule has 2 N–H and O–H groups in total. The normalized spacial score (nSPS) is 15.8. The van der Waals surface area contributed by atoms with Gasteiger partial charge in [0.15, 0.2) is 5.65 Å². The number of hydrogen-bond acceptors (Lipinski definition) is 4. The number of fused-ring (bicyclic) bond motifs is 1. The van der Waals surface area contributed by atoms with Crippen LogP contribution in [0.3, 0.4) is 0 Å². The standard InChI is InChI=1S/C30H17ClF6N6O2/c31-21-3-1-15(32)10-20(21)25-24-22(40-28(44)13-7-14(30(35,36)37)9-16(33)8-13)11-19(17-5-6-42(26(17)24)29(45)41-25)18-2-4-23-38-12-39-43(23)27(18)34/h1-4,7-12,25H,5-6H2,(H,40,44)(H,41,45). The minimum absolute atomic E-state index is 0.0274. The number of aromatic nitrogens is 3. The molecule has 2 aliphatic heterocycles. The van der Waals surface area contributed by atoms with E-state index in [0.29, 0.717) is 17.7 Å². The first-order chi connectivity index (χ1) is 21.4. The van der Waals surface area contributed by atoms with Crippen LogP contribution >= 0.6 is 11.6 Å². The lowest BCUT2D eigenvalue weighted by molar-refractivity contribution is -0.137. The highest BCUT2D eigenvalue weighted by Crippen LogP contribution is 2.50. The second kappa shape index (κ2) is 10.2. The van der Waals surface area contributed by atoms with E-state index in [1.165, 1.54) is 29.2 Å². The number of halogens is 7. The smallest absolute Gasteiger partial charge is 0.327 e. The van der Waals surface area contributed by atoms with Crippen molar-refractivity contribution < 1.29 is 35.9 Å². The van der Waals surface area contributed by atoms with Crippen molar-refractivity contribution in [2.75, 3.05) is 16.8 Å². The van der Waals surface area contributed by atoms with Crippen molar-refractivity contribution >= 4 is 40.6 Å². The lowest BCUT2D eigenvalue weighted by atomic mass is 9.87. The lowest BCUT2D eigenvalue weighted by Gasteiger charge is -2.35. The fourth-order valence-corrected chi connectivity index (χ4v) is 6.07. The SMILES string of the molecule is O=C(Nc1cc(-c2ccc3ncnn3c2F)c2c3c1C(c1cc(F)ccc1Cl)NC(=O)N3CC2)c1cc(F)cc(C(F)(F)F)c1. The van der Waals surface area contributed by atoms with E-state index in [1.807, 2.05) is 0 Å². The summed E-state index contributed by atoms with van der Waals surface area (Å²) in [6.45, 7) is 0.161. The minimum atomic E-state index is -4.94. The van der Waals surface area contributed by atoms with Gasteiger partial charge >= 0.3 is 12.2 Å². The molecule has 1 unspecified atom stereocenters. The maximum Gasteiger partial charge on any atom is 0.416 e. The minimum Gasteiger partial charge on any atom is -0.327 e. The van der Waals surface area contributed by atoms with Crippen LogP contribution in [0.2, 0.25) is 5.02 Å². The topological polar surface area (TPSA) is 91.6 Å². The fourth-order valence-electron chi connectivity index (χ4n) is 5.84. The molecule has 45 heavy (non-hydrogen) atoms. The van der Waals surface area contributed by atoms with E-state index in [4.69, 9.17) is 11.6 Å². The van der Waals surface area contributed by atoms with Gasteiger partial charge < -0.3 is 10.6 Å². The van der Waals surface area contributed by atoms with Crippen LogP contribution in [0.25, 0.3) is 16.8 Å². The molecule has 4 heterocycles. The monoisotopic (exact) mass is 642 g/mol. The number of pyridine rings is 1. The van der Waals surface area contributed by atoms with Gasteiger partial charge in [0.25, 0.3) is 5.91 Å². The average molecular weight is 643 g/mol. The summed E-state index contributed by atoms with van der Waals surface area (Å²) in [6.07, 6.45) is -3.52. The molecule has 1 atom stereocenters. The molecule has 0 bridgehead atoms. The van der Waals surface area contributed by atoms with Crippen molar-refractivity contribution in [3.8, 4) is 11.1 Å². The molecule has 8 nitrogen and oxygen atoms in total. The Kier molecular flexibility index (Phi) is 6.51. The number of benzene rings is 3. The predicted molar refractivity (Wildman–Crippen MR) is 151 cm³/mol. The van der Waals surface area contributed by atoms with Crippen molar-refractivity contribution in [1.29, 1.82) is 0 Å². The first-order valence-corrected chi connectivity index (χ1v) is 13.7. The van der Waals surface area contributed by atoms with E-state index in [0.717, 1.165) is 23.0 Å². The number of nitrogens with one attached hydrogen (secondary N) is 2. The summed E-state index contributed by atoms with van der Waals surface area (Å²) in [4.78, 5) is 32.1. The number of hydrogen-bond donors (Lipinski definition) is 2. The largest absolute Gasteiger partial charge is 0.416 e. The highest BCUT2D eigenvalue weighted by molar-refractivity contribution is 6.31. The van der Waals surface area contributed by atoms with Crippen molar-refractivity contribution in [2.24, 2.45) is 0 Å². The summed E-state index contributed by atoms with van der Waals surface area (Å²) in [5.41, 5.74) is -0.462. The summed E-state index contributed by atoms with van der Waals surface area (Å²) >= 11 is 6.43. The average Bonchev–Trinajstić information content (AvgIpc) is 3.65. The molecule has 0 aliphatic carbocycles. The molecular weight excluding hydrogens is 626 g/mol. The molecule has 0 radical (unpaired) electrons. The Morgan fingerprint density at radius 3 is 2.58 bits per heavy atom. The van der Waals surface area contributed by atoms with Crippen LogP contribution in [-0.4, -0.2) is 33.1 Å². The molecular formula is C30H17ClF6N6O2. The zero-order valence-electron chi connectivity index (χ0n) is 22.5. The maximum absolute atomic E-state index is 15.8. The van der Waals surface area contributed by atoms with Gasteiger partial charge in [-0.2, -0.15) is 27.2 Å². The third-order valence-corrected chi connectivity index (χ3v) is 8.12. The van der Waals surface area contributed by atoms with E-state index in [1.54, 1.807) is 0 Å². The van der Waals surface area contributed by atoms with Gasteiger partial charge in [0.05, 0.1) is 17.3 Å². The Hall–Kier alpha value is -5.11. The maximum atomic E-state index is 15.8. The summed E-state index contributed by atoms with van der Waals surface area (Å²) < 4.78 is 85.8. The van der Waals surface area contributed by atoms with Crippen molar-refractivity contribution in [1.82, 2.24) is 19.9 Å². The molecule has 0 fully saturated rings. The molecule has 0 saturated heterocycles. The van der Waals surface area contributed by atoms with Crippen LogP contribution < -0.4 is 15.5 Å². The van der Waals surface area contributed by atoms with E-state index < -0.39 is 52.9 Å². The highest BCUT2D eigenvalue weighted by atomic mass is 35.5. The number of urea groups is 1. The molecule has 0 saturated carbocycles. The number of amides is 3. The fraction of sp³-hybridized carbons (Fsp3) is 0.133. The van der Waals surface area contributed by atoms with E-state index in [2.05, 4.69) is 20.7 Å². The summed E-state index contributed by atoms with van der Waals surface area (Å²) in [6, 6.07) is 7.52. The summed E-state index contributed by atoms with van der Waals surface area (Å²) in [5.74, 6) is -3.90. The van der Waals surface area contributed by atoms with Crippen LogP contribution in [-0.2, 0) is 12.6 Å². The molecule has 7 rings (SSSR count). The third kappa shape index (κ3) is 4.72. The second-order valence-electron chi connectivity index (χ2n) is 10.4. The van der Waals surface area contributed by atoms with Crippen LogP contribution in [0.4, 0.5) is 42.5 Å². The molecule has 5 aromatic rings.